The van der Waals surface area contributed by atoms with Gasteiger partial charge in [0, 0.05) is 38.1 Å². The van der Waals surface area contributed by atoms with Crippen LogP contribution in [0.25, 0.3) is 0 Å². The average Bonchev–Trinajstić information content (AvgIpc) is 3.03. The number of carbonyl (C=O) groups is 2. The Morgan fingerprint density at radius 2 is 1.40 bits per heavy atom. The van der Waals surface area contributed by atoms with Crippen molar-refractivity contribution < 1.29 is 27.9 Å². The maximum absolute atomic E-state index is 14.1. The van der Waals surface area contributed by atoms with Crippen molar-refractivity contribution in [2.45, 2.75) is 83.4 Å². The van der Waals surface area contributed by atoms with Crippen LogP contribution in [0.1, 0.15) is 65.6 Å². The van der Waals surface area contributed by atoms with Crippen LogP contribution in [-0.4, -0.2) is 82.6 Å². The molecule has 0 spiro atoms. The van der Waals surface area contributed by atoms with E-state index in [1.165, 1.54) is 22.9 Å². The molecule has 1 fully saturated rings. The number of aromatic nitrogens is 1. The second kappa shape index (κ2) is 16.9. The number of nitrogens with one attached hydrogen (secondary N) is 1. The lowest BCUT2D eigenvalue weighted by atomic mass is 9.96. The van der Waals surface area contributed by atoms with E-state index in [9.17, 15) is 14.2 Å². The van der Waals surface area contributed by atoms with Crippen LogP contribution in [0.15, 0.2) is 84.0 Å². The summed E-state index contributed by atoms with van der Waals surface area (Å²) in [6.07, 6.45) is 0.177. The molecular weight excluding hydrogens is 647 g/mol. The highest BCUT2D eigenvalue weighted by Crippen LogP contribution is 2.51. The minimum Gasteiger partial charge on any atom is -0.444 e. The van der Waals surface area contributed by atoms with Gasteiger partial charge in [0.1, 0.15) is 16.7 Å². The van der Waals surface area contributed by atoms with Crippen molar-refractivity contribution in [3.05, 3.63) is 90.1 Å². The van der Waals surface area contributed by atoms with Crippen molar-refractivity contribution in [2.24, 2.45) is 0 Å². The van der Waals surface area contributed by atoms with E-state index in [0.29, 0.717) is 36.5 Å². The van der Waals surface area contributed by atoms with Gasteiger partial charge in [-0.25, -0.2) is 9.78 Å². The summed E-state index contributed by atoms with van der Waals surface area (Å²) in [4.78, 5) is 35.7. The molecule has 48 heavy (non-hydrogen) atoms. The fourth-order valence-corrected chi connectivity index (χ4v) is 8.87. The van der Waals surface area contributed by atoms with E-state index in [1.807, 2.05) is 36.4 Å². The van der Waals surface area contributed by atoms with E-state index in [2.05, 4.69) is 39.5 Å². The van der Waals surface area contributed by atoms with Crippen molar-refractivity contribution in [1.29, 1.82) is 0 Å². The second-order valence-corrected chi connectivity index (χ2v) is 16.1. The Hall–Kier alpha value is -3.21. The molecule has 10 nitrogen and oxygen atoms in total. The molecule has 3 aromatic rings. The van der Waals surface area contributed by atoms with Gasteiger partial charge in [0.2, 0.25) is 5.91 Å². The minimum atomic E-state index is -3.75. The zero-order valence-corrected chi connectivity index (χ0v) is 30.7. The number of hydrogen-bond acceptors (Lipinski definition) is 9. The van der Waals surface area contributed by atoms with Crippen LogP contribution in [0.2, 0.25) is 0 Å². The van der Waals surface area contributed by atoms with Gasteiger partial charge in [0.25, 0.3) is 0 Å². The van der Waals surface area contributed by atoms with E-state index < -0.39 is 25.3 Å². The summed E-state index contributed by atoms with van der Waals surface area (Å²) in [6.45, 7) is 14.8. The molecule has 260 valence electrons. The first-order valence-electron chi connectivity index (χ1n) is 16.4. The number of ether oxygens (including phenoxy) is 1. The second-order valence-electron chi connectivity index (χ2n) is 13.2. The molecule has 1 aliphatic heterocycles. The van der Waals surface area contributed by atoms with Crippen LogP contribution in [0.4, 0.5) is 4.79 Å². The Morgan fingerprint density at radius 3 is 1.90 bits per heavy atom. The summed E-state index contributed by atoms with van der Waals surface area (Å²) >= 11 is 1.22. The van der Waals surface area contributed by atoms with Gasteiger partial charge in [-0.1, -0.05) is 60.7 Å². The Morgan fingerprint density at radius 1 is 0.854 bits per heavy atom. The van der Waals surface area contributed by atoms with Gasteiger partial charge in [-0.2, -0.15) is 0 Å². The van der Waals surface area contributed by atoms with Gasteiger partial charge in [-0.15, -0.1) is 11.8 Å². The first kappa shape index (κ1) is 37.6. The molecule has 1 aromatic heterocycles. The molecule has 0 aliphatic carbocycles. The van der Waals surface area contributed by atoms with Crippen LogP contribution < -0.4 is 10.6 Å². The van der Waals surface area contributed by atoms with Gasteiger partial charge < -0.3 is 24.0 Å². The third-order valence-corrected chi connectivity index (χ3v) is 10.9. The number of nitrogens with zero attached hydrogens (tertiary/aromatic N) is 3. The smallest absolute Gasteiger partial charge is 0.408 e. The van der Waals surface area contributed by atoms with Crippen molar-refractivity contribution >= 4 is 36.7 Å². The summed E-state index contributed by atoms with van der Waals surface area (Å²) in [5.74, 6) is -0.0935. The third-order valence-electron chi connectivity index (χ3n) is 7.34. The lowest BCUT2D eigenvalue weighted by Gasteiger charge is -2.40. The Bertz CT molecular complexity index is 1470. The van der Waals surface area contributed by atoms with E-state index in [-0.39, 0.29) is 29.9 Å². The van der Waals surface area contributed by atoms with Gasteiger partial charge in [0.15, 0.2) is 0 Å². The number of thioether (sulfide) groups is 1. The van der Waals surface area contributed by atoms with Gasteiger partial charge in [-0.05, 0) is 71.7 Å². The van der Waals surface area contributed by atoms with E-state index in [0.717, 1.165) is 0 Å². The third kappa shape index (κ3) is 10.6. The normalized spacial score (nSPS) is 15.2. The average molecular weight is 697 g/mol. The van der Waals surface area contributed by atoms with Gasteiger partial charge in [-0.3, -0.25) is 14.3 Å². The minimum absolute atomic E-state index is 0.0512. The summed E-state index contributed by atoms with van der Waals surface area (Å²) in [6, 6.07) is 23.2. The number of carbonyl (C=O) groups excluding carboxylic acids is 2. The standard InChI is InChI=1S/C36H49N4O6PS/c1-26(2)45-47(43,46-27(3)4)31-19-14-20-37-33(31)48-25-30(38-35(42)44-36(5,6)7)34(41)40-23-21-39(22-24-40)32(28-15-10-8-11-16-28)29-17-12-9-13-18-29/h8-20,26-27,30,32H,21-25H2,1-7H3,(H,38,42). The summed E-state index contributed by atoms with van der Waals surface area (Å²) in [5.41, 5.74) is 1.63. The van der Waals surface area contributed by atoms with Crippen molar-refractivity contribution in [3.63, 3.8) is 0 Å². The van der Waals surface area contributed by atoms with Crippen LogP contribution in [0.3, 0.4) is 0 Å². The number of piperazine rings is 1. The maximum atomic E-state index is 14.1. The predicted octanol–water partition coefficient (Wildman–Crippen LogP) is 6.67. The first-order valence-corrected chi connectivity index (χ1v) is 19.0. The molecule has 0 saturated carbocycles. The molecular formula is C36H49N4O6PS. The number of alkyl carbamates (subject to hydrolysis) is 1. The molecule has 1 saturated heterocycles. The highest BCUT2D eigenvalue weighted by molar-refractivity contribution is 7.99. The Kier molecular flexibility index (Phi) is 13.3. The lowest BCUT2D eigenvalue weighted by molar-refractivity contribution is -0.134. The monoisotopic (exact) mass is 696 g/mol. The first-order chi connectivity index (χ1) is 22.8. The van der Waals surface area contributed by atoms with Crippen LogP contribution >= 0.6 is 19.4 Å². The highest BCUT2D eigenvalue weighted by atomic mass is 32.2. The maximum Gasteiger partial charge on any atom is 0.408 e. The molecule has 1 atom stereocenters. The number of hydrogen-bond donors (Lipinski definition) is 1. The lowest BCUT2D eigenvalue weighted by Crippen LogP contribution is -2.56. The number of pyridine rings is 1. The van der Waals surface area contributed by atoms with Crippen molar-refractivity contribution in [3.8, 4) is 0 Å². The molecule has 1 unspecified atom stereocenters. The van der Waals surface area contributed by atoms with Gasteiger partial charge >= 0.3 is 13.7 Å². The van der Waals surface area contributed by atoms with E-state index >= 15 is 0 Å². The fraction of sp³-hybridized carbons (Fsp3) is 0.472. The predicted molar refractivity (Wildman–Crippen MR) is 191 cm³/mol. The van der Waals surface area contributed by atoms with Crippen LogP contribution in [0.5, 0.6) is 0 Å². The highest BCUT2D eigenvalue weighted by Gasteiger charge is 2.36. The topological polar surface area (TPSA) is 110 Å². The fourth-order valence-electron chi connectivity index (χ4n) is 5.49. The molecule has 2 amide bonds. The SMILES string of the molecule is CC(C)OP(=O)(OC(C)C)c1cccnc1SCC(NC(=O)OC(C)(C)C)C(=O)N1CCN(C(c2ccccc2)c2ccccc2)CC1. The number of benzene rings is 2. The van der Waals surface area contributed by atoms with E-state index in [4.69, 9.17) is 13.8 Å². The number of amides is 2. The molecule has 2 heterocycles. The largest absolute Gasteiger partial charge is 0.444 e. The zero-order valence-electron chi connectivity index (χ0n) is 29.0. The molecule has 2 aromatic carbocycles. The van der Waals surface area contributed by atoms with Crippen LogP contribution in [0, 0.1) is 0 Å². The van der Waals surface area contributed by atoms with Crippen molar-refractivity contribution in [2.75, 3.05) is 31.9 Å². The van der Waals surface area contributed by atoms with Gasteiger partial charge in [0.05, 0.1) is 23.6 Å². The molecule has 1 N–H and O–H groups in total. The summed E-state index contributed by atoms with van der Waals surface area (Å²) < 4.78 is 31.3. The Labute approximate surface area is 289 Å². The number of rotatable bonds is 13. The molecule has 12 heteroatoms. The summed E-state index contributed by atoms with van der Waals surface area (Å²) in [5, 5.41) is 3.53. The van der Waals surface area contributed by atoms with Crippen molar-refractivity contribution in [1.82, 2.24) is 20.1 Å². The van der Waals surface area contributed by atoms with Crippen LogP contribution in [-0.2, 0) is 23.1 Å². The molecule has 0 radical (unpaired) electrons. The van der Waals surface area contributed by atoms with E-state index in [1.54, 1.807) is 71.7 Å². The Balaban J connectivity index is 1.54. The molecule has 0 bridgehead atoms. The zero-order chi connectivity index (χ0) is 34.9. The quantitative estimate of drug-likeness (QED) is 0.155. The summed E-state index contributed by atoms with van der Waals surface area (Å²) in [7, 11) is -3.75. The molecule has 1 aliphatic rings. The molecule has 4 rings (SSSR count).